The maximum absolute atomic E-state index is 5.93. The zero-order chi connectivity index (χ0) is 15.2. The molecule has 0 amide bonds. The van der Waals surface area contributed by atoms with Gasteiger partial charge >= 0.3 is 0 Å². The van der Waals surface area contributed by atoms with Crippen molar-refractivity contribution < 1.29 is 9.47 Å². The normalized spacial score (nSPS) is 10.7. The SMILES string of the molecule is CCCOc1ccccc1Oc1ncnc(N)c1C(C)C. The van der Waals surface area contributed by atoms with E-state index in [0.717, 1.165) is 12.0 Å². The largest absolute Gasteiger partial charge is 0.490 e. The summed E-state index contributed by atoms with van der Waals surface area (Å²) in [5.41, 5.74) is 6.74. The number of aromatic nitrogens is 2. The molecule has 1 aromatic carbocycles. The van der Waals surface area contributed by atoms with E-state index in [0.29, 0.717) is 29.8 Å². The first kappa shape index (κ1) is 15.1. The number of anilines is 1. The van der Waals surface area contributed by atoms with Crippen molar-refractivity contribution in [2.24, 2.45) is 0 Å². The molecular weight excluding hydrogens is 266 g/mol. The average molecular weight is 287 g/mol. The van der Waals surface area contributed by atoms with Crippen molar-refractivity contribution in [2.75, 3.05) is 12.3 Å². The van der Waals surface area contributed by atoms with Crippen molar-refractivity contribution in [3.63, 3.8) is 0 Å². The minimum absolute atomic E-state index is 0.171. The maximum Gasteiger partial charge on any atom is 0.228 e. The second kappa shape index (κ2) is 6.92. The number of hydrogen-bond donors (Lipinski definition) is 1. The first-order chi connectivity index (χ1) is 10.1. The number of nitrogens with zero attached hydrogens (tertiary/aromatic N) is 2. The highest BCUT2D eigenvalue weighted by Gasteiger charge is 2.16. The van der Waals surface area contributed by atoms with E-state index >= 15 is 0 Å². The molecule has 0 fully saturated rings. The molecule has 2 rings (SSSR count). The molecule has 0 atom stereocenters. The summed E-state index contributed by atoms with van der Waals surface area (Å²) in [6, 6.07) is 7.54. The number of hydrogen-bond acceptors (Lipinski definition) is 5. The molecule has 0 saturated heterocycles. The number of para-hydroxylation sites is 2. The molecule has 2 aromatic rings. The van der Waals surface area contributed by atoms with Crippen molar-refractivity contribution >= 4 is 5.82 Å². The quantitative estimate of drug-likeness (QED) is 0.875. The second-order valence-electron chi connectivity index (χ2n) is 5.03. The Morgan fingerprint density at radius 1 is 1.14 bits per heavy atom. The van der Waals surface area contributed by atoms with Crippen LogP contribution in [0.1, 0.15) is 38.7 Å². The molecule has 21 heavy (non-hydrogen) atoms. The van der Waals surface area contributed by atoms with E-state index in [1.807, 2.05) is 38.1 Å². The van der Waals surface area contributed by atoms with Crippen molar-refractivity contribution in [1.29, 1.82) is 0 Å². The van der Waals surface area contributed by atoms with Gasteiger partial charge in [0.15, 0.2) is 11.5 Å². The van der Waals surface area contributed by atoms with Gasteiger partial charge in [-0.05, 0) is 24.5 Å². The summed E-state index contributed by atoms with van der Waals surface area (Å²) in [5.74, 6) is 2.43. The first-order valence-corrected chi connectivity index (χ1v) is 7.13. The summed E-state index contributed by atoms with van der Waals surface area (Å²) in [6.07, 6.45) is 2.35. The summed E-state index contributed by atoms with van der Waals surface area (Å²) in [6.45, 7) is 6.76. The van der Waals surface area contributed by atoms with E-state index in [2.05, 4.69) is 16.9 Å². The lowest BCUT2D eigenvalue weighted by atomic mass is 10.1. The number of benzene rings is 1. The lowest BCUT2D eigenvalue weighted by Crippen LogP contribution is -2.05. The van der Waals surface area contributed by atoms with E-state index in [1.165, 1.54) is 6.33 Å². The van der Waals surface area contributed by atoms with Gasteiger partial charge in [0, 0.05) is 0 Å². The Morgan fingerprint density at radius 2 is 1.86 bits per heavy atom. The van der Waals surface area contributed by atoms with Gasteiger partial charge in [0.2, 0.25) is 5.88 Å². The molecule has 2 N–H and O–H groups in total. The molecule has 0 aliphatic rings. The summed E-state index contributed by atoms with van der Waals surface area (Å²) < 4.78 is 11.6. The Kier molecular flexibility index (Phi) is 4.98. The van der Waals surface area contributed by atoms with Crippen LogP contribution in [0, 0.1) is 0 Å². The van der Waals surface area contributed by atoms with Crippen LogP contribution in [-0.2, 0) is 0 Å². The van der Waals surface area contributed by atoms with Crippen LogP contribution in [0.25, 0.3) is 0 Å². The minimum Gasteiger partial charge on any atom is -0.490 e. The summed E-state index contributed by atoms with van der Waals surface area (Å²) in [4.78, 5) is 8.24. The van der Waals surface area contributed by atoms with E-state index in [9.17, 15) is 0 Å². The van der Waals surface area contributed by atoms with Gasteiger partial charge < -0.3 is 15.2 Å². The Labute approximate surface area is 125 Å². The third kappa shape index (κ3) is 3.62. The molecule has 0 bridgehead atoms. The van der Waals surface area contributed by atoms with Gasteiger partial charge in [-0.3, -0.25) is 0 Å². The molecule has 0 aliphatic carbocycles. The highest BCUT2D eigenvalue weighted by molar-refractivity contribution is 5.50. The van der Waals surface area contributed by atoms with Crippen LogP contribution in [0.15, 0.2) is 30.6 Å². The van der Waals surface area contributed by atoms with Gasteiger partial charge in [0.25, 0.3) is 0 Å². The smallest absolute Gasteiger partial charge is 0.228 e. The molecule has 1 aromatic heterocycles. The second-order valence-corrected chi connectivity index (χ2v) is 5.03. The third-order valence-electron chi connectivity index (χ3n) is 2.97. The highest BCUT2D eigenvalue weighted by Crippen LogP contribution is 2.35. The Hall–Kier alpha value is -2.30. The fourth-order valence-electron chi connectivity index (χ4n) is 1.99. The first-order valence-electron chi connectivity index (χ1n) is 7.13. The van der Waals surface area contributed by atoms with Crippen molar-refractivity contribution in [3.05, 3.63) is 36.2 Å². The van der Waals surface area contributed by atoms with E-state index in [4.69, 9.17) is 15.2 Å². The maximum atomic E-state index is 5.93. The molecule has 1 heterocycles. The molecule has 0 unspecified atom stereocenters. The molecule has 0 aliphatic heterocycles. The van der Waals surface area contributed by atoms with Crippen LogP contribution in [0.2, 0.25) is 0 Å². The molecule has 5 heteroatoms. The standard InChI is InChI=1S/C16H21N3O2/c1-4-9-20-12-7-5-6-8-13(12)21-16-14(11(2)3)15(17)18-10-19-16/h5-8,10-11H,4,9H2,1-3H3,(H2,17,18,19). The van der Waals surface area contributed by atoms with E-state index < -0.39 is 0 Å². The predicted molar refractivity (Wildman–Crippen MR) is 82.8 cm³/mol. The number of nitrogens with two attached hydrogens (primary N) is 1. The topological polar surface area (TPSA) is 70.3 Å². The van der Waals surface area contributed by atoms with E-state index in [1.54, 1.807) is 0 Å². The van der Waals surface area contributed by atoms with Crippen LogP contribution in [0.5, 0.6) is 17.4 Å². The molecule has 0 radical (unpaired) electrons. The van der Waals surface area contributed by atoms with Crippen molar-refractivity contribution in [1.82, 2.24) is 9.97 Å². The number of rotatable bonds is 6. The fourth-order valence-corrected chi connectivity index (χ4v) is 1.99. The average Bonchev–Trinajstić information content (AvgIpc) is 2.46. The predicted octanol–water partition coefficient (Wildman–Crippen LogP) is 3.76. The fraction of sp³-hybridized carbons (Fsp3) is 0.375. The van der Waals surface area contributed by atoms with Crippen molar-refractivity contribution in [3.8, 4) is 17.4 Å². The molecule has 112 valence electrons. The van der Waals surface area contributed by atoms with Crippen molar-refractivity contribution in [2.45, 2.75) is 33.1 Å². The number of ether oxygens (including phenoxy) is 2. The monoisotopic (exact) mass is 287 g/mol. The van der Waals surface area contributed by atoms with Crippen LogP contribution in [-0.4, -0.2) is 16.6 Å². The van der Waals surface area contributed by atoms with E-state index in [-0.39, 0.29) is 5.92 Å². The van der Waals surface area contributed by atoms with Gasteiger partial charge in [0.1, 0.15) is 12.1 Å². The zero-order valence-electron chi connectivity index (χ0n) is 12.7. The summed E-state index contributed by atoms with van der Waals surface area (Å²) in [7, 11) is 0. The van der Waals surface area contributed by atoms with Gasteiger partial charge in [0.05, 0.1) is 12.2 Å². The molecule has 0 saturated carbocycles. The molecular formula is C16H21N3O2. The summed E-state index contributed by atoms with van der Waals surface area (Å²) in [5, 5.41) is 0. The lowest BCUT2D eigenvalue weighted by molar-refractivity contribution is 0.300. The molecule has 0 spiro atoms. The van der Waals surface area contributed by atoms with Crippen LogP contribution in [0.3, 0.4) is 0 Å². The third-order valence-corrected chi connectivity index (χ3v) is 2.97. The minimum atomic E-state index is 0.171. The van der Waals surface area contributed by atoms with Gasteiger partial charge in [-0.1, -0.05) is 32.9 Å². The Balaban J connectivity index is 2.32. The zero-order valence-corrected chi connectivity index (χ0v) is 12.7. The van der Waals surface area contributed by atoms with Crippen LogP contribution in [0.4, 0.5) is 5.82 Å². The Bertz CT molecular complexity index is 600. The Morgan fingerprint density at radius 3 is 2.52 bits per heavy atom. The van der Waals surface area contributed by atoms with Crippen LogP contribution < -0.4 is 15.2 Å². The van der Waals surface area contributed by atoms with Gasteiger partial charge in [-0.15, -0.1) is 0 Å². The van der Waals surface area contributed by atoms with Gasteiger partial charge in [-0.25, -0.2) is 9.97 Å². The lowest BCUT2D eigenvalue weighted by Gasteiger charge is -2.15. The van der Waals surface area contributed by atoms with Crippen LogP contribution >= 0.6 is 0 Å². The molecule has 5 nitrogen and oxygen atoms in total. The summed E-state index contributed by atoms with van der Waals surface area (Å²) >= 11 is 0. The number of nitrogen functional groups attached to an aromatic ring is 1. The van der Waals surface area contributed by atoms with Gasteiger partial charge in [-0.2, -0.15) is 0 Å². The highest BCUT2D eigenvalue weighted by atomic mass is 16.5.